The number of oxazole rings is 1. The highest BCUT2D eigenvalue weighted by Crippen LogP contribution is 2.40. The summed E-state index contributed by atoms with van der Waals surface area (Å²) in [6, 6.07) is 51.9. The summed E-state index contributed by atoms with van der Waals surface area (Å²) in [4.78, 5) is 6.89. The average molecular weight is 558 g/mol. The van der Waals surface area contributed by atoms with Crippen molar-refractivity contribution in [2.24, 2.45) is 0 Å². The highest BCUT2D eigenvalue weighted by Gasteiger charge is 2.23. The van der Waals surface area contributed by atoms with Gasteiger partial charge in [-0.15, -0.1) is 0 Å². The van der Waals surface area contributed by atoms with Gasteiger partial charge in [-0.3, -0.25) is 0 Å². The van der Waals surface area contributed by atoms with Gasteiger partial charge in [-0.25, -0.2) is 4.98 Å². The van der Waals surface area contributed by atoms with Crippen molar-refractivity contribution in [2.75, 3.05) is 10.2 Å². The largest absolute Gasteiger partial charge is 0.464 e. The fourth-order valence-electron chi connectivity index (χ4n) is 5.56. The number of benzene rings is 6. The molecule has 0 saturated carbocycles. The topological polar surface area (TPSA) is 50.5 Å². The van der Waals surface area contributed by atoms with Crippen LogP contribution in [-0.4, -0.2) is 4.98 Å². The van der Waals surface area contributed by atoms with Gasteiger partial charge in [0.25, 0.3) is 0 Å². The number of aromatic nitrogens is 1. The molecule has 5 heteroatoms. The van der Waals surface area contributed by atoms with Gasteiger partial charge in [0, 0.05) is 28.2 Å². The van der Waals surface area contributed by atoms with Crippen molar-refractivity contribution in [3.05, 3.63) is 157 Å². The maximum absolute atomic E-state index is 6.13. The summed E-state index contributed by atoms with van der Waals surface area (Å²) in [7, 11) is 0. The molecule has 8 rings (SSSR count). The standard InChI is InChI=1S/C38H27N3O2/c1-2-8-30(9-3-1)41(32-24-20-29(21-25-32)38-40-34-11-5-7-13-36(34)43-38)31-22-18-27(19-23-31)26-14-16-28(17-15-26)37-39-33-10-4-6-12-35(33)42-37/h1-25,38,40H. The summed E-state index contributed by atoms with van der Waals surface area (Å²) in [6.45, 7) is 0. The third-order valence-corrected chi connectivity index (χ3v) is 7.77. The third kappa shape index (κ3) is 4.77. The molecule has 0 bridgehead atoms. The highest BCUT2D eigenvalue weighted by atomic mass is 16.5. The molecular weight excluding hydrogens is 530 g/mol. The van der Waals surface area contributed by atoms with Crippen LogP contribution in [0.25, 0.3) is 33.7 Å². The number of hydrogen-bond donors (Lipinski definition) is 1. The van der Waals surface area contributed by atoms with Crippen LogP contribution in [0, 0.1) is 0 Å². The molecule has 1 N–H and O–H groups in total. The quantitative estimate of drug-likeness (QED) is 0.220. The Balaban J connectivity index is 1.06. The number of para-hydroxylation sites is 5. The number of anilines is 4. The fourth-order valence-corrected chi connectivity index (χ4v) is 5.56. The summed E-state index contributed by atoms with van der Waals surface area (Å²) >= 11 is 0. The van der Waals surface area contributed by atoms with E-state index in [-0.39, 0.29) is 6.23 Å². The molecule has 7 aromatic rings. The summed E-state index contributed by atoms with van der Waals surface area (Å²) < 4.78 is 12.1. The van der Waals surface area contributed by atoms with E-state index in [1.54, 1.807) is 0 Å². The zero-order valence-electron chi connectivity index (χ0n) is 23.2. The number of ether oxygens (including phenoxy) is 1. The highest BCUT2D eigenvalue weighted by molar-refractivity contribution is 5.79. The van der Waals surface area contributed by atoms with Gasteiger partial charge in [0.15, 0.2) is 11.8 Å². The van der Waals surface area contributed by atoms with Gasteiger partial charge in [-0.2, -0.15) is 0 Å². The van der Waals surface area contributed by atoms with E-state index in [9.17, 15) is 0 Å². The summed E-state index contributed by atoms with van der Waals surface area (Å²) in [6.07, 6.45) is -0.204. The molecule has 43 heavy (non-hydrogen) atoms. The van der Waals surface area contributed by atoms with E-state index in [0.29, 0.717) is 5.89 Å². The Morgan fingerprint density at radius 1 is 0.535 bits per heavy atom. The van der Waals surface area contributed by atoms with Gasteiger partial charge in [0.05, 0.1) is 5.69 Å². The van der Waals surface area contributed by atoms with Crippen molar-refractivity contribution in [2.45, 2.75) is 6.23 Å². The van der Waals surface area contributed by atoms with Crippen LogP contribution in [0.4, 0.5) is 22.7 Å². The molecule has 0 aliphatic carbocycles. The average Bonchev–Trinajstić information content (AvgIpc) is 3.71. The van der Waals surface area contributed by atoms with E-state index in [4.69, 9.17) is 9.15 Å². The van der Waals surface area contributed by atoms with Gasteiger partial charge in [-0.1, -0.05) is 78.9 Å². The Kier molecular flexibility index (Phi) is 6.12. The first-order valence-corrected chi connectivity index (χ1v) is 14.3. The molecule has 6 aromatic carbocycles. The van der Waals surface area contributed by atoms with Gasteiger partial charge in [-0.05, 0) is 83.9 Å². The van der Waals surface area contributed by atoms with Gasteiger partial charge < -0.3 is 19.4 Å². The molecule has 0 fully saturated rings. The number of hydrogen-bond acceptors (Lipinski definition) is 5. The van der Waals surface area contributed by atoms with E-state index in [1.165, 1.54) is 0 Å². The van der Waals surface area contributed by atoms with Gasteiger partial charge in [0.2, 0.25) is 5.89 Å². The number of nitrogens with zero attached hydrogens (tertiary/aromatic N) is 2. The predicted octanol–water partition coefficient (Wildman–Crippen LogP) is 10.1. The lowest BCUT2D eigenvalue weighted by Gasteiger charge is -2.26. The van der Waals surface area contributed by atoms with Crippen molar-refractivity contribution in [1.82, 2.24) is 4.98 Å². The first-order chi connectivity index (χ1) is 21.3. The third-order valence-electron chi connectivity index (χ3n) is 7.77. The van der Waals surface area contributed by atoms with Crippen molar-refractivity contribution in [1.29, 1.82) is 0 Å². The Labute approximate surface area is 249 Å². The van der Waals surface area contributed by atoms with Crippen LogP contribution in [0.3, 0.4) is 0 Å². The molecule has 1 aliphatic heterocycles. The van der Waals surface area contributed by atoms with Crippen LogP contribution in [0.1, 0.15) is 11.8 Å². The second kappa shape index (κ2) is 10.5. The van der Waals surface area contributed by atoms with Crippen LogP contribution >= 0.6 is 0 Å². The molecule has 1 aromatic heterocycles. The minimum absolute atomic E-state index is 0.204. The summed E-state index contributed by atoms with van der Waals surface area (Å²) in [5, 5.41) is 3.46. The molecule has 0 radical (unpaired) electrons. The van der Waals surface area contributed by atoms with Crippen LogP contribution in [0.5, 0.6) is 5.75 Å². The van der Waals surface area contributed by atoms with E-state index in [1.807, 2.05) is 54.6 Å². The maximum Gasteiger partial charge on any atom is 0.227 e. The van der Waals surface area contributed by atoms with Gasteiger partial charge in [0.1, 0.15) is 11.3 Å². The van der Waals surface area contributed by atoms with Crippen LogP contribution in [0.2, 0.25) is 0 Å². The predicted molar refractivity (Wildman–Crippen MR) is 173 cm³/mol. The lowest BCUT2D eigenvalue weighted by Crippen LogP contribution is -2.12. The van der Waals surface area contributed by atoms with Crippen molar-refractivity contribution in [3.8, 4) is 28.3 Å². The second-order valence-corrected chi connectivity index (χ2v) is 10.5. The van der Waals surface area contributed by atoms with E-state index in [0.717, 1.165) is 61.9 Å². The van der Waals surface area contributed by atoms with Crippen molar-refractivity contribution >= 4 is 33.8 Å². The molecule has 206 valence electrons. The van der Waals surface area contributed by atoms with Crippen molar-refractivity contribution < 1.29 is 9.15 Å². The molecule has 1 atom stereocenters. The van der Waals surface area contributed by atoms with E-state index >= 15 is 0 Å². The summed E-state index contributed by atoms with van der Waals surface area (Å²) in [5.41, 5.74) is 10.2. The summed E-state index contributed by atoms with van der Waals surface area (Å²) in [5.74, 6) is 1.51. The molecule has 0 saturated heterocycles. The monoisotopic (exact) mass is 557 g/mol. The van der Waals surface area contributed by atoms with E-state index in [2.05, 4.69) is 112 Å². The van der Waals surface area contributed by atoms with E-state index < -0.39 is 0 Å². The Morgan fingerprint density at radius 2 is 1.12 bits per heavy atom. The Hall–Kier alpha value is -5.81. The molecular formula is C38H27N3O2. The lowest BCUT2D eigenvalue weighted by molar-refractivity contribution is 0.260. The van der Waals surface area contributed by atoms with Gasteiger partial charge >= 0.3 is 0 Å². The zero-order chi connectivity index (χ0) is 28.6. The zero-order valence-corrected chi connectivity index (χ0v) is 23.2. The maximum atomic E-state index is 6.13. The Morgan fingerprint density at radius 3 is 1.84 bits per heavy atom. The first kappa shape index (κ1) is 24.9. The molecule has 0 amide bonds. The van der Waals surface area contributed by atoms with Crippen LogP contribution in [0.15, 0.2) is 156 Å². The molecule has 1 unspecified atom stereocenters. The number of nitrogens with one attached hydrogen (secondary N) is 1. The first-order valence-electron chi connectivity index (χ1n) is 14.3. The van der Waals surface area contributed by atoms with Crippen molar-refractivity contribution in [3.63, 3.8) is 0 Å². The minimum Gasteiger partial charge on any atom is -0.464 e. The number of fused-ring (bicyclic) bond motifs is 2. The SMILES string of the molecule is c1ccc(N(c2ccc(-c3ccc(-c4nc5ccccc5o4)cc3)cc2)c2ccc(C3Nc4ccccc4O3)cc2)cc1. The molecule has 0 spiro atoms. The van der Waals surface area contributed by atoms with Crippen LogP contribution in [-0.2, 0) is 0 Å². The second-order valence-electron chi connectivity index (χ2n) is 10.5. The number of rotatable bonds is 6. The Bertz CT molecular complexity index is 1960. The smallest absolute Gasteiger partial charge is 0.227 e. The minimum atomic E-state index is -0.204. The fraction of sp³-hybridized carbons (Fsp3) is 0.0263. The molecule has 2 heterocycles. The van der Waals surface area contributed by atoms with Crippen LogP contribution < -0.4 is 15.0 Å². The lowest BCUT2D eigenvalue weighted by atomic mass is 10.0. The molecule has 5 nitrogen and oxygen atoms in total. The molecule has 1 aliphatic rings. The normalized spacial score (nSPS) is 13.7.